The summed E-state index contributed by atoms with van der Waals surface area (Å²) in [6, 6.07) is 0.233. The molecular formula is C9H18N2O2. The van der Waals surface area contributed by atoms with Crippen LogP contribution < -0.4 is 0 Å². The minimum atomic E-state index is -0.329. The Morgan fingerprint density at radius 1 is 1.62 bits per heavy atom. The fourth-order valence-electron chi connectivity index (χ4n) is 1.36. The molecule has 0 aromatic rings. The summed E-state index contributed by atoms with van der Waals surface area (Å²) < 4.78 is 0. The highest BCUT2D eigenvalue weighted by atomic mass is 16.3. The van der Waals surface area contributed by atoms with Crippen LogP contribution in [0.1, 0.15) is 20.3 Å². The summed E-state index contributed by atoms with van der Waals surface area (Å²) in [6.07, 6.45) is 0.377. The molecule has 0 aromatic carbocycles. The van der Waals surface area contributed by atoms with Crippen molar-refractivity contribution in [1.82, 2.24) is 9.80 Å². The summed E-state index contributed by atoms with van der Waals surface area (Å²) in [7, 11) is 1.79. The Bertz CT molecular complexity index is 194. The van der Waals surface area contributed by atoms with E-state index in [4.69, 9.17) is 0 Å². The molecule has 2 amide bonds. The van der Waals surface area contributed by atoms with Gasteiger partial charge < -0.3 is 14.9 Å². The zero-order chi connectivity index (χ0) is 10.0. The number of carbonyl (C=O) groups excluding carboxylic acids is 1. The third kappa shape index (κ3) is 2.34. The molecule has 4 heteroatoms. The van der Waals surface area contributed by atoms with Crippen LogP contribution in [0.4, 0.5) is 4.79 Å². The van der Waals surface area contributed by atoms with Crippen LogP contribution in [0.2, 0.25) is 0 Å². The minimum Gasteiger partial charge on any atom is -0.391 e. The molecule has 1 N–H and O–H groups in total. The van der Waals surface area contributed by atoms with Gasteiger partial charge in [-0.3, -0.25) is 0 Å². The average molecular weight is 186 g/mol. The van der Waals surface area contributed by atoms with Crippen LogP contribution in [0.25, 0.3) is 0 Å². The summed E-state index contributed by atoms with van der Waals surface area (Å²) in [5.74, 6) is 0. The lowest BCUT2D eigenvalue weighted by Crippen LogP contribution is -2.43. The van der Waals surface area contributed by atoms with Gasteiger partial charge in [0, 0.05) is 26.2 Å². The fourth-order valence-corrected chi connectivity index (χ4v) is 1.36. The van der Waals surface area contributed by atoms with E-state index in [9.17, 15) is 9.90 Å². The molecule has 0 radical (unpaired) electrons. The van der Waals surface area contributed by atoms with Crippen LogP contribution in [-0.4, -0.2) is 53.2 Å². The summed E-state index contributed by atoms with van der Waals surface area (Å²) in [5.41, 5.74) is 0. The lowest BCUT2D eigenvalue weighted by atomic mass is 10.3. The van der Waals surface area contributed by atoms with E-state index in [0.29, 0.717) is 19.5 Å². The van der Waals surface area contributed by atoms with Crippen LogP contribution >= 0.6 is 0 Å². The van der Waals surface area contributed by atoms with E-state index in [2.05, 4.69) is 0 Å². The van der Waals surface area contributed by atoms with E-state index in [0.717, 1.165) is 0 Å². The Balaban J connectivity index is 2.48. The Morgan fingerprint density at radius 2 is 2.23 bits per heavy atom. The average Bonchev–Trinajstić information content (AvgIpc) is 2.49. The van der Waals surface area contributed by atoms with Crippen LogP contribution in [0.15, 0.2) is 0 Å². The van der Waals surface area contributed by atoms with Gasteiger partial charge in [0.2, 0.25) is 0 Å². The number of amides is 2. The van der Waals surface area contributed by atoms with E-state index in [1.165, 1.54) is 0 Å². The molecule has 0 bridgehead atoms. The molecular weight excluding hydrogens is 168 g/mol. The Labute approximate surface area is 79.1 Å². The van der Waals surface area contributed by atoms with Gasteiger partial charge in [-0.05, 0) is 20.3 Å². The maximum atomic E-state index is 11.7. The first-order valence-corrected chi connectivity index (χ1v) is 4.72. The number of rotatable bonds is 1. The van der Waals surface area contributed by atoms with Crippen molar-refractivity contribution < 1.29 is 9.90 Å². The Kier molecular flexibility index (Phi) is 3.14. The van der Waals surface area contributed by atoms with Gasteiger partial charge in [-0.15, -0.1) is 0 Å². The van der Waals surface area contributed by atoms with Crippen molar-refractivity contribution in [3.05, 3.63) is 0 Å². The summed E-state index contributed by atoms with van der Waals surface area (Å²) in [6.45, 7) is 5.11. The SMILES string of the molecule is CC(C)N(C)C(=O)N1CC[C@@H](O)C1. The van der Waals surface area contributed by atoms with E-state index in [1.54, 1.807) is 16.8 Å². The van der Waals surface area contributed by atoms with E-state index < -0.39 is 0 Å². The van der Waals surface area contributed by atoms with Gasteiger partial charge in [0.05, 0.1) is 6.10 Å². The van der Waals surface area contributed by atoms with Crippen molar-refractivity contribution >= 4 is 6.03 Å². The monoisotopic (exact) mass is 186 g/mol. The molecule has 13 heavy (non-hydrogen) atoms. The van der Waals surface area contributed by atoms with Crippen LogP contribution in [-0.2, 0) is 0 Å². The highest BCUT2D eigenvalue weighted by Crippen LogP contribution is 2.11. The number of hydrogen-bond donors (Lipinski definition) is 1. The highest BCUT2D eigenvalue weighted by Gasteiger charge is 2.27. The van der Waals surface area contributed by atoms with Gasteiger partial charge in [-0.2, -0.15) is 0 Å². The smallest absolute Gasteiger partial charge is 0.320 e. The first-order chi connectivity index (χ1) is 6.02. The van der Waals surface area contributed by atoms with Crippen molar-refractivity contribution in [2.24, 2.45) is 0 Å². The first kappa shape index (κ1) is 10.3. The van der Waals surface area contributed by atoms with E-state index in [1.807, 2.05) is 13.8 Å². The molecule has 76 valence electrons. The second-order valence-corrected chi connectivity index (χ2v) is 3.88. The molecule has 1 aliphatic heterocycles. The van der Waals surface area contributed by atoms with Gasteiger partial charge in [0.25, 0.3) is 0 Å². The molecule has 1 heterocycles. The fraction of sp³-hybridized carbons (Fsp3) is 0.889. The molecule has 0 unspecified atom stereocenters. The first-order valence-electron chi connectivity index (χ1n) is 4.72. The standard InChI is InChI=1S/C9H18N2O2/c1-7(2)10(3)9(13)11-5-4-8(12)6-11/h7-8,12H,4-6H2,1-3H3/t8-/m1/s1. The topological polar surface area (TPSA) is 43.8 Å². The number of aliphatic hydroxyl groups excluding tert-OH is 1. The second-order valence-electron chi connectivity index (χ2n) is 3.88. The third-order valence-corrected chi connectivity index (χ3v) is 2.51. The third-order valence-electron chi connectivity index (χ3n) is 2.51. The maximum absolute atomic E-state index is 11.7. The van der Waals surface area contributed by atoms with Crippen molar-refractivity contribution in [2.45, 2.75) is 32.4 Å². The number of hydrogen-bond acceptors (Lipinski definition) is 2. The van der Waals surface area contributed by atoms with E-state index >= 15 is 0 Å². The number of carbonyl (C=O) groups is 1. The molecule has 1 atom stereocenters. The minimum absolute atomic E-state index is 0.0200. The maximum Gasteiger partial charge on any atom is 0.320 e. The summed E-state index contributed by atoms with van der Waals surface area (Å²) in [4.78, 5) is 15.1. The highest BCUT2D eigenvalue weighted by molar-refractivity contribution is 5.74. The molecule has 1 fully saturated rings. The number of likely N-dealkylation sites (tertiary alicyclic amines) is 1. The predicted molar refractivity (Wildman–Crippen MR) is 50.5 cm³/mol. The van der Waals surface area contributed by atoms with E-state index in [-0.39, 0.29) is 18.2 Å². The zero-order valence-electron chi connectivity index (χ0n) is 8.53. The Hall–Kier alpha value is -0.770. The van der Waals surface area contributed by atoms with Gasteiger partial charge in [-0.25, -0.2) is 4.79 Å². The summed E-state index contributed by atoms with van der Waals surface area (Å²) >= 11 is 0. The zero-order valence-corrected chi connectivity index (χ0v) is 8.53. The van der Waals surface area contributed by atoms with Crippen molar-refractivity contribution in [3.63, 3.8) is 0 Å². The molecule has 0 aliphatic carbocycles. The largest absolute Gasteiger partial charge is 0.391 e. The predicted octanol–water partition coefficient (Wildman–Crippen LogP) is 0.513. The number of urea groups is 1. The number of nitrogens with zero attached hydrogens (tertiary/aromatic N) is 2. The lowest BCUT2D eigenvalue weighted by Gasteiger charge is -2.27. The molecule has 0 saturated carbocycles. The van der Waals surface area contributed by atoms with Crippen molar-refractivity contribution in [1.29, 1.82) is 0 Å². The molecule has 4 nitrogen and oxygen atoms in total. The second kappa shape index (κ2) is 3.96. The quantitative estimate of drug-likeness (QED) is 0.648. The van der Waals surface area contributed by atoms with Gasteiger partial charge in [0.15, 0.2) is 0 Å². The van der Waals surface area contributed by atoms with Gasteiger partial charge in [-0.1, -0.05) is 0 Å². The molecule has 0 aromatic heterocycles. The number of aliphatic hydroxyl groups is 1. The van der Waals surface area contributed by atoms with Crippen molar-refractivity contribution in [2.75, 3.05) is 20.1 Å². The molecule has 1 saturated heterocycles. The van der Waals surface area contributed by atoms with Crippen LogP contribution in [0.5, 0.6) is 0 Å². The molecule has 1 rings (SSSR count). The van der Waals surface area contributed by atoms with Crippen LogP contribution in [0.3, 0.4) is 0 Å². The number of β-amino-alcohol motifs (C(OH)–C–C–N with tert-alkyl or cyclic N) is 1. The van der Waals surface area contributed by atoms with Crippen LogP contribution in [0, 0.1) is 0 Å². The van der Waals surface area contributed by atoms with Gasteiger partial charge in [0.1, 0.15) is 0 Å². The summed E-state index contributed by atoms with van der Waals surface area (Å²) in [5, 5.41) is 9.26. The Morgan fingerprint density at radius 3 is 2.62 bits per heavy atom. The lowest BCUT2D eigenvalue weighted by molar-refractivity contribution is 0.146. The molecule has 1 aliphatic rings. The van der Waals surface area contributed by atoms with Crippen molar-refractivity contribution in [3.8, 4) is 0 Å². The van der Waals surface area contributed by atoms with Gasteiger partial charge >= 0.3 is 6.03 Å². The normalized spacial score (nSPS) is 22.5. The molecule has 0 spiro atoms.